The zero-order valence-electron chi connectivity index (χ0n) is 7.90. The smallest absolute Gasteiger partial charge is 0.339 e. The number of benzene rings is 1. The van der Waals surface area contributed by atoms with Crippen LogP contribution in [-0.2, 0) is 4.74 Å². The van der Waals surface area contributed by atoms with E-state index in [1.807, 2.05) is 0 Å². The first-order chi connectivity index (χ1) is 7.60. The summed E-state index contributed by atoms with van der Waals surface area (Å²) < 4.78 is 4.59. The minimum absolute atomic E-state index is 0.131. The van der Waals surface area contributed by atoms with Crippen LogP contribution in [0.5, 0.6) is 0 Å². The van der Waals surface area contributed by atoms with Gasteiger partial charge in [0.2, 0.25) is 0 Å². The number of esters is 1. The fourth-order valence-corrected chi connectivity index (χ4v) is 1.63. The van der Waals surface area contributed by atoms with Crippen LogP contribution in [0.2, 0.25) is 5.02 Å². The molecule has 0 amide bonds. The molecule has 0 saturated carbocycles. The Morgan fingerprint density at radius 2 is 2.38 bits per heavy atom. The second-order valence-corrected chi connectivity index (χ2v) is 3.56. The molecule has 5 nitrogen and oxygen atoms in total. The molecular weight excluding hydrogens is 250 g/mol. The lowest BCUT2D eigenvalue weighted by atomic mass is 10.2. The second kappa shape index (κ2) is 5.49. The van der Waals surface area contributed by atoms with Crippen LogP contribution < -0.4 is 0 Å². The van der Waals surface area contributed by atoms with Gasteiger partial charge < -0.3 is 4.74 Å². The maximum absolute atomic E-state index is 11.4. The Bertz CT molecular complexity index is 461. The molecule has 0 unspecified atom stereocenters. The Balaban J connectivity index is 3.05. The van der Waals surface area contributed by atoms with Crippen LogP contribution in [0.3, 0.4) is 0 Å². The van der Waals surface area contributed by atoms with E-state index in [0.717, 1.165) is 0 Å². The largest absolute Gasteiger partial charge is 0.447 e. The highest BCUT2D eigenvalue weighted by Gasteiger charge is 2.13. The van der Waals surface area contributed by atoms with Crippen molar-refractivity contribution in [1.29, 1.82) is 10.8 Å². The summed E-state index contributed by atoms with van der Waals surface area (Å²) in [6.45, 7) is -0.330. The zero-order chi connectivity index (χ0) is 12.1. The molecule has 0 aliphatic rings. The van der Waals surface area contributed by atoms with Crippen molar-refractivity contribution in [2.24, 2.45) is 5.11 Å². The molecule has 16 heavy (non-hydrogen) atoms. The monoisotopic (exact) mass is 255 g/mol. The molecule has 0 saturated heterocycles. The molecule has 0 fully saturated rings. The molecule has 82 valence electrons. The average Bonchev–Trinajstić information content (AvgIpc) is 2.25. The van der Waals surface area contributed by atoms with Crippen LogP contribution in [-0.4, -0.2) is 12.6 Å². The fraction of sp³-hybridized carbons (Fsp3) is 0.111. The van der Waals surface area contributed by atoms with Gasteiger partial charge in [-0.3, -0.25) is 0 Å². The summed E-state index contributed by atoms with van der Waals surface area (Å²) in [4.78, 5) is 11.7. The number of carbonyl (C=O) groups is 1. The highest BCUT2D eigenvalue weighted by Crippen LogP contribution is 2.33. The molecule has 1 rings (SSSR count). The Kier molecular flexibility index (Phi) is 4.28. The number of hydrogen-bond donors (Lipinski definition) is 2. The van der Waals surface area contributed by atoms with E-state index in [9.17, 15) is 4.79 Å². The lowest BCUT2D eigenvalue weighted by molar-refractivity contribution is 0.0554. The quantitative estimate of drug-likeness (QED) is 0.494. The molecule has 0 aromatic heterocycles. The predicted molar refractivity (Wildman–Crippen MR) is 59.4 cm³/mol. The molecule has 0 bridgehead atoms. The first-order valence-electron chi connectivity index (χ1n) is 4.04. The van der Waals surface area contributed by atoms with Gasteiger partial charge in [0.25, 0.3) is 0 Å². The van der Waals surface area contributed by atoms with Crippen LogP contribution >= 0.6 is 24.2 Å². The molecule has 0 heterocycles. The Labute approximate surface area is 102 Å². The molecular formula is C9H6ClN3O2S. The molecule has 1 N–H and O–H groups in total. The highest BCUT2D eigenvalue weighted by atomic mass is 35.5. The van der Waals surface area contributed by atoms with Gasteiger partial charge in [0.1, 0.15) is 11.8 Å². The summed E-state index contributed by atoms with van der Waals surface area (Å²) >= 11 is 9.81. The van der Waals surface area contributed by atoms with E-state index in [2.05, 4.69) is 22.5 Å². The van der Waals surface area contributed by atoms with Crippen molar-refractivity contribution in [1.82, 2.24) is 0 Å². The number of nitriles is 1. The lowest BCUT2D eigenvalue weighted by Gasteiger charge is -2.05. The van der Waals surface area contributed by atoms with Gasteiger partial charge >= 0.3 is 5.97 Å². The van der Waals surface area contributed by atoms with E-state index in [1.54, 1.807) is 6.07 Å². The summed E-state index contributed by atoms with van der Waals surface area (Å²) in [6, 6.07) is 4.37. The molecule has 1 aromatic rings. The Morgan fingerprint density at radius 3 is 2.88 bits per heavy atom. The Hall–Kier alpha value is -1.58. The number of carbonyl (C=O) groups excluding carboxylic acids is 1. The van der Waals surface area contributed by atoms with Crippen LogP contribution in [0, 0.1) is 16.9 Å². The van der Waals surface area contributed by atoms with E-state index in [0.29, 0.717) is 4.90 Å². The minimum atomic E-state index is -0.671. The van der Waals surface area contributed by atoms with Gasteiger partial charge in [-0.15, -0.1) is 12.6 Å². The van der Waals surface area contributed by atoms with Gasteiger partial charge in [-0.05, 0) is 12.1 Å². The van der Waals surface area contributed by atoms with E-state index < -0.39 is 5.97 Å². The lowest BCUT2D eigenvalue weighted by Crippen LogP contribution is -2.05. The Morgan fingerprint density at radius 1 is 1.69 bits per heavy atom. The molecule has 0 aliphatic carbocycles. The van der Waals surface area contributed by atoms with E-state index in [4.69, 9.17) is 22.4 Å². The highest BCUT2D eigenvalue weighted by molar-refractivity contribution is 7.80. The molecule has 1 aromatic carbocycles. The average molecular weight is 256 g/mol. The molecule has 0 atom stereocenters. The summed E-state index contributed by atoms with van der Waals surface area (Å²) in [5, 5.41) is 11.5. The first-order valence-corrected chi connectivity index (χ1v) is 4.86. The topological polar surface area (TPSA) is 86.3 Å². The van der Waals surface area contributed by atoms with Crippen molar-refractivity contribution in [3.8, 4) is 6.07 Å². The summed E-state index contributed by atoms with van der Waals surface area (Å²) in [7, 11) is 0. The van der Waals surface area contributed by atoms with Gasteiger partial charge in [0.05, 0.1) is 10.6 Å². The van der Waals surface area contributed by atoms with Crippen molar-refractivity contribution in [3.63, 3.8) is 0 Å². The number of rotatable bonds is 3. The van der Waals surface area contributed by atoms with E-state index in [-0.39, 0.29) is 22.9 Å². The van der Waals surface area contributed by atoms with Gasteiger partial charge in [0, 0.05) is 4.90 Å². The molecule has 0 spiro atoms. The first kappa shape index (κ1) is 12.5. The third-order valence-corrected chi connectivity index (χ3v) is 2.29. The predicted octanol–water partition coefficient (Wildman–Crippen LogP) is 2.97. The number of ether oxygens (including phenoxy) is 1. The third-order valence-electron chi connectivity index (χ3n) is 1.66. The van der Waals surface area contributed by atoms with Gasteiger partial charge in [-0.25, -0.2) is 10.3 Å². The number of thiol groups is 1. The zero-order valence-corrected chi connectivity index (χ0v) is 9.55. The van der Waals surface area contributed by atoms with Gasteiger partial charge in [-0.1, -0.05) is 11.6 Å². The van der Waals surface area contributed by atoms with Crippen LogP contribution in [0.1, 0.15) is 10.4 Å². The minimum Gasteiger partial charge on any atom is -0.447 e. The fourth-order valence-electron chi connectivity index (χ4n) is 0.994. The maximum Gasteiger partial charge on any atom is 0.339 e. The third kappa shape index (κ3) is 2.72. The van der Waals surface area contributed by atoms with Crippen LogP contribution in [0.25, 0.3) is 0 Å². The SMILES string of the molecule is N#CCOC(=O)c1cc(S)c(N=N)c(Cl)c1. The molecule has 7 heteroatoms. The van der Waals surface area contributed by atoms with Gasteiger partial charge in [0.15, 0.2) is 6.61 Å². The summed E-state index contributed by atoms with van der Waals surface area (Å²) in [5.74, 6) is -0.671. The number of nitrogens with one attached hydrogen (secondary N) is 1. The van der Waals surface area contributed by atoms with Crippen LogP contribution in [0.15, 0.2) is 22.1 Å². The number of hydrogen-bond acceptors (Lipinski definition) is 6. The van der Waals surface area contributed by atoms with Crippen molar-refractivity contribution >= 4 is 35.9 Å². The van der Waals surface area contributed by atoms with Gasteiger partial charge in [-0.2, -0.15) is 10.4 Å². The van der Waals surface area contributed by atoms with Crippen molar-refractivity contribution < 1.29 is 9.53 Å². The van der Waals surface area contributed by atoms with E-state index in [1.165, 1.54) is 12.1 Å². The second-order valence-electron chi connectivity index (χ2n) is 2.67. The van der Waals surface area contributed by atoms with Crippen LogP contribution in [0.4, 0.5) is 5.69 Å². The molecule has 0 aliphatic heterocycles. The standard InChI is InChI=1S/C9H6ClN3O2S/c10-6-3-5(9(14)15-2-1-11)4-7(16)8(6)13-12/h3-4,12,16H,2H2. The normalized spacial score (nSPS) is 9.31. The number of nitrogens with zero attached hydrogens (tertiary/aromatic N) is 2. The maximum atomic E-state index is 11.4. The van der Waals surface area contributed by atoms with Crippen molar-refractivity contribution in [3.05, 3.63) is 22.7 Å². The van der Waals surface area contributed by atoms with E-state index >= 15 is 0 Å². The number of halogens is 1. The molecule has 0 radical (unpaired) electrons. The van der Waals surface area contributed by atoms with Crippen molar-refractivity contribution in [2.45, 2.75) is 4.90 Å². The van der Waals surface area contributed by atoms with Crippen molar-refractivity contribution in [2.75, 3.05) is 6.61 Å². The summed E-state index contributed by atoms with van der Waals surface area (Å²) in [5.41, 5.74) is 7.19. The summed E-state index contributed by atoms with van der Waals surface area (Å²) in [6.07, 6.45) is 0.